The molecular weight excluding hydrogens is 340 g/mol. The quantitative estimate of drug-likeness (QED) is 0.465. The minimum Gasteiger partial charge on any atom is -0.187 e. The van der Waals surface area contributed by atoms with Crippen LogP contribution < -0.4 is 0 Å². The molecule has 0 aliphatic rings. The largest absolute Gasteiger partial charge is 0.234 e. The minimum absolute atomic E-state index is 0.825. The zero-order chi connectivity index (χ0) is 17.3. The molecule has 0 saturated heterocycles. The standard InChI is InChI=1S/C21H16N4S/c1-2-6-15(7-3-1)10-13-19-22-23-21-25(19)24-20(26-21)18-12-11-16-8-4-5-9-17(16)14-18/h1-9,11-12,14H,10,13H2. The number of fused-ring (bicyclic) bond motifs is 2. The molecule has 0 amide bonds. The summed E-state index contributed by atoms with van der Waals surface area (Å²) in [5.74, 6) is 0.909. The van der Waals surface area contributed by atoms with E-state index in [1.807, 2.05) is 10.6 Å². The van der Waals surface area contributed by atoms with Crippen molar-refractivity contribution < 1.29 is 0 Å². The normalized spacial score (nSPS) is 11.4. The van der Waals surface area contributed by atoms with Gasteiger partial charge in [-0.15, -0.1) is 10.2 Å². The Kier molecular flexibility index (Phi) is 3.72. The molecule has 0 spiro atoms. The van der Waals surface area contributed by atoms with Crippen molar-refractivity contribution in [3.05, 3.63) is 84.2 Å². The summed E-state index contributed by atoms with van der Waals surface area (Å²) in [5.41, 5.74) is 2.42. The van der Waals surface area contributed by atoms with Gasteiger partial charge in [0.2, 0.25) is 4.96 Å². The van der Waals surface area contributed by atoms with Crippen LogP contribution in [-0.2, 0) is 12.8 Å². The lowest BCUT2D eigenvalue weighted by atomic mass is 10.1. The van der Waals surface area contributed by atoms with E-state index in [2.05, 4.69) is 76.9 Å². The molecule has 126 valence electrons. The van der Waals surface area contributed by atoms with Crippen LogP contribution >= 0.6 is 11.3 Å². The number of nitrogens with zero attached hydrogens (tertiary/aromatic N) is 4. The van der Waals surface area contributed by atoms with E-state index in [0.717, 1.165) is 34.2 Å². The van der Waals surface area contributed by atoms with Gasteiger partial charge in [-0.3, -0.25) is 0 Å². The zero-order valence-corrected chi connectivity index (χ0v) is 14.9. The van der Waals surface area contributed by atoms with Crippen LogP contribution in [0.3, 0.4) is 0 Å². The average molecular weight is 356 g/mol. The molecule has 4 nitrogen and oxygen atoms in total. The summed E-state index contributed by atoms with van der Waals surface area (Å²) >= 11 is 1.58. The Hall–Kier alpha value is -3.05. The van der Waals surface area contributed by atoms with Crippen LogP contribution in [0.4, 0.5) is 0 Å². The SMILES string of the molecule is c1ccc(CCc2nnc3sc(-c4ccc5ccccc5c4)nn23)cc1. The van der Waals surface area contributed by atoms with Gasteiger partial charge in [0.1, 0.15) is 5.01 Å². The lowest BCUT2D eigenvalue weighted by Gasteiger charge is -2.00. The van der Waals surface area contributed by atoms with E-state index in [-0.39, 0.29) is 0 Å². The lowest BCUT2D eigenvalue weighted by Crippen LogP contribution is -1.99. The van der Waals surface area contributed by atoms with Crippen LogP contribution in [0.5, 0.6) is 0 Å². The van der Waals surface area contributed by atoms with Crippen molar-refractivity contribution in [2.75, 3.05) is 0 Å². The molecule has 0 bridgehead atoms. The number of hydrogen-bond donors (Lipinski definition) is 0. The third-order valence-electron chi connectivity index (χ3n) is 4.53. The Morgan fingerprint density at radius 1 is 0.769 bits per heavy atom. The van der Waals surface area contributed by atoms with Crippen molar-refractivity contribution in [3.8, 4) is 10.6 Å². The lowest BCUT2D eigenvalue weighted by molar-refractivity contribution is 0.793. The summed E-state index contributed by atoms with van der Waals surface area (Å²) in [6.45, 7) is 0. The molecule has 2 heterocycles. The number of rotatable bonds is 4. The van der Waals surface area contributed by atoms with Crippen molar-refractivity contribution in [1.29, 1.82) is 0 Å². The minimum atomic E-state index is 0.825. The highest BCUT2D eigenvalue weighted by Crippen LogP contribution is 2.28. The highest BCUT2D eigenvalue weighted by atomic mass is 32.1. The molecule has 0 unspecified atom stereocenters. The maximum absolute atomic E-state index is 4.77. The van der Waals surface area contributed by atoms with Crippen LogP contribution in [0.15, 0.2) is 72.8 Å². The summed E-state index contributed by atoms with van der Waals surface area (Å²) < 4.78 is 1.89. The maximum atomic E-state index is 4.77. The van der Waals surface area contributed by atoms with Crippen LogP contribution in [0, 0.1) is 0 Å². The first-order valence-electron chi connectivity index (χ1n) is 8.61. The number of aromatic nitrogens is 4. The highest BCUT2D eigenvalue weighted by Gasteiger charge is 2.13. The van der Waals surface area contributed by atoms with Crippen LogP contribution in [0.25, 0.3) is 26.3 Å². The summed E-state index contributed by atoms with van der Waals surface area (Å²) in [7, 11) is 0. The van der Waals surface area contributed by atoms with Gasteiger partial charge in [0, 0.05) is 12.0 Å². The predicted molar refractivity (Wildman–Crippen MR) is 105 cm³/mol. The Balaban J connectivity index is 1.47. The van der Waals surface area contributed by atoms with Gasteiger partial charge in [0.05, 0.1) is 0 Å². The van der Waals surface area contributed by atoms with E-state index >= 15 is 0 Å². The fourth-order valence-corrected chi connectivity index (χ4v) is 4.01. The number of aryl methyl sites for hydroxylation is 2. The predicted octanol–water partition coefficient (Wildman–Crippen LogP) is 4.79. The Labute approximate surface area is 154 Å². The fraction of sp³-hybridized carbons (Fsp3) is 0.0952. The molecule has 5 heteroatoms. The van der Waals surface area contributed by atoms with Crippen molar-refractivity contribution in [2.24, 2.45) is 0 Å². The highest BCUT2D eigenvalue weighted by molar-refractivity contribution is 7.19. The molecule has 0 radical (unpaired) electrons. The molecule has 0 fully saturated rings. The zero-order valence-electron chi connectivity index (χ0n) is 14.0. The van der Waals surface area contributed by atoms with Crippen molar-refractivity contribution in [2.45, 2.75) is 12.8 Å². The maximum Gasteiger partial charge on any atom is 0.234 e. The molecule has 0 N–H and O–H groups in total. The van der Waals surface area contributed by atoms with E-state index in [9.17, 15) is 0 Å². The molecule has 0 aliphatic heterocycles. The summed E-state index contributed by atoms with van der Waals surface area (Å²) in [6, 6.07) is 25.3. The Bertz CT molecular complexity index is 1190. The van der Waals surface area contributed by atoms with Crippen molar-refractivity contribution >= 4 is 27.1 Å². The first kappa shape index (κ1) is 15.2. The second kappa shape index (κ2) is 6.35. The van der Waals surface area contributed by atoms with E-state index in [1.165, 1.54) is 16.3 Å². The van der Waals surface area contributed by atoms with E-state index in [4.69, 9.17) is 5.10 Å². The van der Waals surface area contributed by atoms with Gasteiger partial charge in [-0.1, -0.05) is 78.1 Å². The van der Waals surface area contributed by atoms with Gasteiger partial charge in [-0.25, -0.2) is 0 Å². The molecule has 0 aliphatic carbocycles. The summed E-state index contributed by atoms with van der Waals surface area (Å²) in [5, 5.41) is 16.8. The smallest absolute Gasteiger partial charge is 0.187 e. The van der Waals surface area contributed by atoms with E-state index in [0.29, 0.717) is 0 Å². The fourth-order valence-electron chi connectivity index (χ4n) is 3.15. The third kappa shape index (κ3) is 2.76. The number of benzene rings is 3. The molecule has 5 rings (SSSR count). The molecule has 0 saturated carbocycles. The molecule has 0 atom stereocenters. The van der Waals surface area contributed by atoms with Gasteiger partial charge in [-0.05, 0) is 28.8 Å². The van der Waals surface area contributed by atoms with Crippen LogP contribution in [0.2, 0.25) is 0 Å². The molecule has 26 heavy (non-hydrogen) atoms. The van der Waals surface area contributed by atoms with E-state index in [1.54, 1.807) is 11.3 Å². The molecular formula is C21H16N4S. The van der Waals surface area contributed by atoms with Gasteiger partial charge in [-0.2, -0.15) is 9.61 Å². The van der Waals surface area contributed by atoms with Crippen LogP contribution in [0.1, 0.15) is 11.4 Å². The van der Waals surface area contributed by atoms with Gasteiger partial charge < -0.3 is 0 Å². The Morgan fingerprint density at radius 3 is 2.46 bits per heavy atom. The summed E-state index contributed by atoms with van der Waals surface area (Å²) in [4.78, 5) is 0.844. The van der Waals surface area contributed by atoms with E-state index < -0.39 is 0 Å². The Morgan fingerprint density at radius 2 is 1.58 bits per heavy atom. The molecule has 2 aromatic heterocycles. The second-order valence-electron chi connectivity index (χ2n) is 6.27. The first-order valence-corrected chi connectivity index (χ1v) is 9.43. The molecule has 5 aromatic rings. The van der Waals surface area contributed by atoms with Crippen molar-refractivity contribution in [3.63, 3.8) is 0 Å². The third-order valence-corrected chi connectivity index (χ3v) is 5.48. The summed E-state index contributed by atoms with van der Waals surface area (Å²) in [6.07, 6.45) is 1.76. The monoisotopic (exact) mass is 356 g/mol. The first-order chi connectivity index (χ1) is 12.9. The van der Waals surface area contributed by atoms with Gasteiger partial charge in [0.25, 0.3) is 0 Å². The number of hydrogen-bond acceptors (Lipinski definition) is 4. The van der Waals surface area contributed by atoms with Gasteiger partial charge >= 0.3 is 0 Å². The van der Waals surface area contributed by atoms with Crippen molar-refractivity contribution in [1.82, 2.24) is 19.8 Å². The topological polar surface area (TPSA) is 43.1 Å². The molecule has 3 aromatic carbocycles. The second-order valence-corrected chi connectivity index (χ2v) is 7.22. The van der Waals surface area contributed by atoms with Gasteiger partial charge in [0.15, 0.2) is 5.82 Å². The average Bonchev–Trinajstić information content (AvgIpc) is 3.28. The van der Waals surface area contributed by atoms with Crippen LogP contribution in [-0.4, -0.2) is 19.8 Å².